The predicted molar refractivity (Wildman–Crippen MR) is 44.7 cm³/mol. The molecule has 0 rings (SSSR count). The lowest BCUT2D eigenvalue weighted by Gasteiger charge is -1.81. The Morgan fingerprint density at radius 1 is 1.50 bits per heavy atom. The Bertz CT molecular complexity index is 114. The molecule has 0 bridgehead atoms. The minimum absolute atomic E-state index is 0.0359. The first-order valence-corrected chi connectivity index (χ1v) is 4.49. The molecular formula is C4H3Br3O. The second-order valence-corrected chi connectivity index (χ2v) is 4.37. The molecule has 0 radical (unpaired) electrons. The van der Waals surface area contributed by atoms with Gasteiger partial charge in [-0.1, -0.05) is 15.9 Å². The summed E-state index contributed by atoms with van der Waals surface area (Å²) in [4.78, 5) is 10.4. The van der Waals surface area contributed by atoms with Crippen molar-refractivity contribution >= 4 is 53.6 Å². The number of hydrogen-bond donors (Lipinski definition) is 0. The monoisotopic (exact) mass is 304 g/mol. The van der Waals surface area contributed by atoms with Gasteiger partial charge in [0.2, 0.25) is 0 Å². The van der Waals surface area contributed by atoms with E-state index in [1.807, 2.05) is 0 Å². The molecule has 0 aliphatic heterocycles. The van der Waals surface area contributed by atoms with Gasteiger partial charge < -0.3 is 0 Å². The third-order valence-electron chi connectivity index (χ3n) is 0.402. The molecule has 4 heteroatoms. The first-order chi connectivity index (χ1) is 3.66. The van der Waals surface area contributed by atoms with Crippen LogP contribution < -0.4 is 0 Å². The molecule has 0 N–H and O–H groups in total. The van der Waals surface area contributed by atoms with Crippen molar-refractivity contribution in [1.82, 2.24) is 0 Å². The number of alkyl halides is 1. The van der Waals surface area contributed by atoms with Crippen LogP contribution in [0.3, 0.4) is 0 Å². The molecule has 0 aromatic carbocycles. The van der Waals surface area contributed by atoms with Crippen LogP contribution in [0.1, 0.15) is 0 Å². The number of carbonyl (C=O) groups is 1. The van der Waals surface area contributed by atoms with Crippen molar-refractivity contribution in [2.45, 2.75) is 0 Å². The quantitative estimate of drug-likeness (QED) is 0.566. The van der Waals surface area contributed by atoms with E-state index in [4.69, 9.17) is 0 Å². The van der Waals surface area contributed by atoms with Crippen molar-refractivity contribution < 1.29 is 4.79 Å². The molecule has 1 nitrogen and oxygen atoms in total. The van der Waals surface area contributed by atoms with Gasteiger partial charge in [0.15, 0.2) is 5.78 Å². The van der Waals surface area contributed by atoms with Crippen LogP contribution in [0.2, 0.25) is 0 Å². The maximum absolute atomic E-state index is 10.4. The second kappa shape index (κ2) is 4.70. The van der Waals surface area contributed by atoms with Gasteiger partial charge in [-0.05, 0) is 31.9 Å². The minimum atomic E-state index is 0.0359. The molecule has 8 heavy (non-hydrogen) atoms. The van der Waals surface area contributed by atoms with Crippen LogP contribution in [-0.2, 0) is 4.79 Å². The van der Waals surface area contributed by atoms with Crippen LogP contribution in [-0.4, -0.2) is 11.1 Å². The molecule has 0 aromatic heterocycles. The van der Waals surface area contributed by atoms with Crippen molar-refractivity contribution in [3.8, 4) is 0 Å². The van der Waals surface area contributed by atoms with E-state index in [1.165, 1.54) is 6.08 Å². The zero-order valence-electron chi connectivity index (χ0n) is 3.83. The zero-order chi connectivity index (χ0) is 6.57. The van der Waals surface area contributed by atoms with Crippen molar-refractivity contribution in [3.05, 3.63) is 9.47 Å². The number of allylic oxidation sites excluding steroid dienone is 1. The summed E-state index contributed by atoms with van der Waals surface area (Å²) in [6.07, 6.45) is 1.45. The molecule has 0 aliphatic carbocycles. The summed E-state index contributed by atoms with van der Waals surface area (Å²) in [6, 6.07) is 0. The molecule has 0 amide bonds. The van der Waals surface area contributed by atoms with E-state index in [-0.39, 0.29) is 5.78 Å². The highest BCUT2D eigenvalue weighted by Gasteiger charge is 1.91. The van der Waals surface area contributed by atoms with Gasteiger partial charge >= 0.3 is 0 Å². The van der Waals surface area contributed by atoms with E-state index in [2.05, 4.69) is 47.8 Å². The van der Waals surface area contributed by atoms with E-state index in [0.717, 1.165) is 0 Å². The van der Waals surface area contributed by atoms with Crippen LogP contribution in [0, 0.1) is 0 Å². The highest BCUT2D eigenvalue weighted by molar-refractivity contribution is 9.28. The maximum Gasteiger partial charge on any atom is 0.167 e. The highest BCUT2D eigenvalue weighted by atomic mass is 79.9. The molecule has 0 heterocycles. The number of rotatable bonds is 2. The van der Waals surface area contributed by atoms with Gasteiger partial charge in [0.05, 0.1) is 8.72 Å². The molecular weight excluding hydrogens is 304 g/mol. The van der Waals surface area contributed by atoms with Crippen molar-refractivity contribution in [1.29, 1.82) is 0 Å². The van der Waals surface area contributed by atoms with Crippen LogP contribution in [0.4, 0.5) is 0 Å². The van der Waals surface area contributed by atoms with Gasteiger partial charge in [-0.25, -0.2) is 0 Å². The Morgan fingerprint density at radius 2 is 2.00 bits per heavy atom. The van der Waals surface area contributed by atoms with Crippen molar-refractivity contribution in [2.24, 2.45) is 0 Å². The molecule has 0 aliphatic rings. The topological polar surface area (TPSA) is 17.1 Å². The average Bonchev–Trinajstić information content (AvgIpc) is 1.65. The van der Waals surface area contributed by atoms with E-state index < -0.39 is 0 Å². The number of carbonyl (C=O) groups excluding carboxylic acids is 1. The van der Waals surface area contributed by atoms with Gasteiger partial charge in [0.1, 0.15) is 0 Å². The molecule has 0 saturated carbocycles. The summed E-state index contributed by atoms with van der Waals surface area (Å²) in [5, 5.41) is 0.369. The van der Waals surface area contributed by atoms with Crippen LogP contribution in [0.25, 0.3) is 0 Å². The Labute approximate surface area is 72.9 Å². The zero-order valence-corrected chi connectivity index (χ0v) is 8.58. The summed E-state index contributed by atoms with van der Waals surface area (Å²) >= 11 is 9.11. The molecule has 0 saturated heterocycles. The standard InChI is InChI=1S/C4H3Br3O/c5-2-3(8)1-4(6)7/h1H,2H2. The summed E-state index contributed by atoms with van der Waals surface area (Å²) in [7, 11) is 0. The SMILES string of the molecule is O=C(C=C(Br)Br)CBr. The fourth-order valence-electron chi connectivity index (χ4n) is 0.160. The van der Waals surface area contributed by atoms with Gasteiger partial charge in [-0.3, -0.25) is 4.79 Å². The molecule has 0 spiro atoms. The van der Waals surface area contributed by atoms with Crippen molar-refractivity contribution in [3.63, 3.8) is 0 Å². The fraction of sp³-hybridized carbons (Fsp3) is 0.250. The third kappa shape index (κ3) is 5.00. The number of halogens is 3. The van der Waals surface area contributed by atoms with Crippen LogP contribution >= 0.6 is 47.8 Å². The lowest BCUT2D eigenvalue weighted by Crippen LogP contribution is -1.90. The smallest absolute Gasteiger partial charge is 0.167 e. The third-order valence-corrected chi connectivity index (χ3v) is 1.41. The Balaban J connectivity index is 3.70. The fourth-order valence-corrected chi connectivity index (χ4v) is 0.833. The lowest BCUT2D eigenvalue weighted by atomic mass is 10.5. The number of ketones is 1. The molecule has 0 aromatic rings. The Morgan fingerprint density at radius 3 is 2.12 bits per heavy atom. The maximum atomic E-state index is 10.4. The Kier molecular flexibility index (Phi) is 5.20. The molecule has 0 unspecified atom stereocenters. The molecule has 0 fully saturated rings. The largest absolute Gasteiger partial charge is 0.294 e. The van der Waals surface area contributed by atoms with Gasteiger partial charge in [-0.15, -0.1) is 0 Å². The summed E-state index contributed by atoms with van der Waals surface area (Å²) in [5.74, 6) is 0.0359. The van der Waals surface area contributed by atoms with E-state index in [0.29, 0.717) is 8.72 Å². The van der Waals surface area contributed by atoms with Gasteiger partial charge in [0, 0.05) is 6.08 Å². The van der Waals surface area contributed by atoms with E-state index in [9.17, 15) is 4.79 Å². The lowest BCUT2D eigenvalue weighted by molar-refractivity contribution is -0.112. The average molecular weight is 307 g/mol. The molecule has 0 atom stereocenters. The molecule has 46 valence electrons. The first-order valence-electron chi connectivity index (χ1n) is 1.78. The summed E-state index contributed by atoms with van der Waals surface area (Å²) in [6.45, 7) is 0. The van der Waals surface area contributed by atoms with E-state index in [1.54, 1.807) is 0 Å². The second-order valence-electron chi connectivity index (χ2n) is 1.03. The van der Waals surface area contributed by atoms with Gasteiger partial charge in [-0.2, -0.15) is 0 Å². The van der Waals surface area contributed by atoms with Crippen LogP contribution in [0.5, 0.6) is 0 Å². The van der Waals surface area contributed by atoms with E-state index >= 15 is 0 Å². The normalized spacial score (nSPS) is 8.38. The minimum Gasteiger partial charge on any atom is -0.294 e. The van der Waals surface area contributed by atoms with Crippen molar-refractivity contribution in [2.75, 3.05) is 5.33 Å². The summed E-state index contributed by atoms with van der Waals surface area (Å²) in [5.41, 5.74) is 0. The predicted octanol–water partition coefficient (Wildman–Crippen LogP) is 2.58. The van der Waals surface area contributed by atoms with Crippen LogP contribution in [0.15, 0.2) is 9.47 Å². The number of hydrogen-bond acceptors (Lipinski definition) is 1. The summed E-state index contributed by atoms with van der Waals surface area (Å²) < 4.78 is 0.675. The van der Waals surface area contributed by atoms with Gasteiger partial charge in [0.25, 0.3) is 0 Å². The first kappa shape index (κ1) is 8.85. The Hall–Kier alpha value is 0.850. The highest BCUT2D eigenvalue weighted by Crippen LogP contribution is 2.12.